The van der Waals surface area contributed by atoms with E-state index in [1.165, 1.54) is 15.3 Å². The van der Waals surface area contributed by atoms with Gasteiger partial charge in [0.05, 0.1) is 22.5 Å². The number of aromatic nitrogens is 1. The van der Waals surface area contributed by atoms with Crippen LogP contribution in [0.1, 0.15) is 28.3 Å². The van der Waals surface area contributed by atoms with Crippen LogP contribution in [0.3, 0.4) is 0 Å². The number of carbonyl (C=O) groups is 2. The number of nitrogens with zero attached hydrogens (tertiary/aromatic N) is 1. The standard InChI is InChI=1S/C32H26N2O3S3/c1-16-10-12-18(13-11-16)34-30(35)25-21-15-22(26(25)31(34)36)27-24(21)23(28-29(39-27)33-32(38)40-28)17-6-5-9-20(14-17)37-19-7-3-2-4-8-19/h2-14,21-27H,15H2,1H3,(H,33,38). The quantitative estimate of drug-likeness (QED) is 0.199. The molecule has 3 heterocycles. The number of benzene rings is 3. The number of imide groups is 1. The van der Waals surface area contributed by atoms with E-state index in [1.807, 2.05) is 79.3 Å². The average Bonchev–Trinajstić information content (AvgIpc) is 3.69. The first-order valence-electron chi connectivity index (χ1n) is 13.6. The number of thioether (sulfide) groups is 1. The summed E-state index contributed by atoms with van der Waals surface area (Å²) in [5.41, 5.74) is 2.97. The third-order valence-electron chi connectivity index (χ3n) is 9.21. The van der Waals surface area contributed by atoms with E-state index in [-0.39, 0.29) is 52.6 Å². The zero-order valence-corrected chi connectivity index (χ0v) is 24.1. The van der Waals surface area contributed by atoms with Crippen LogP contribution in [0.2, 0.25) is 0 Å². The maximum absolute atomic E-state index is 14.0. The number of anilines is 1. The Labute approximate surface area is 245 Å². The number of ether oxygens (including phenoxy) is 1. The fraction of sp³-hybridized carbons (Fsp3) is 0.281. The van der Waals surface area contributed by atoms with Crippen LogP contribution in [0.5, 0.6) is 11.5 Å². The average molecular weight is 583 g/mol. The lowest BCUT2D eigenvalue weighted by molar-refractivity contribution is -0.123. The lowest BCUT2D eigenvalue weighted by atomic mass is 9.68. The van der Waals surface area contributed by atoms with Gasteiger partial charge in [0.15, 0.2) is 3.95 Å². The Balaban J connectivity index is 1.19. The number of aryl methyl sites for hydroxylation is 1. The molecule has 5 nitrogen and oxygen atoms in total. The van der Waals surface area contributed by atoms with E-state index in [9.17, 15) is 9.59 Å². The molecule has 1 N–H and O–H groups in total. The van der Waals surface area contributed by atoms with Gasteiger partial charge in [-0.25, -0.2) is 0 Å². The van der Waals surface area contributed by atoms with Gasteiger partial charge in [-0.1, -0.05) is 48.0 Å². The fourth-order valence-electron chi connectivity index (χ4n) is 7.73. The van der Waals surface area contributed by atoms with Crippen molar-refractivity contribution in [3.8, 4) is 11.5 Å². The van der Waals surface area contributed by atoms with Gasteiger partial charge in [0.1, 0.15) is 11.5 Å². The number of hydrogen-bond donors (Lipinski definition) is 1. The summed E-state index contributed by atoms with van der Waals surface area (Å²) >= 11 is 9.09. The summed E-state index contributed by atoms with van der Waals surface area (Å²) in [5.74, 6) is 1.67. The Kier molecular flexibility index (Phi) is 5.63. The highest BCUT2D eigenvalue weighted by Gasteiger charge is 2.69. The lowest BCUT2D eigenvalue weighted by Crippen LogP contribution is -2.42. The van der Waals surface area contributed by atoms with Crippen molar-refractivity contribution in [2.24, 2.45) is 29.6 Å². The Bertz CT molecular complexity index is 1710. The van der Waals surface area contributed by atoms with Crippen molar-refractivity contribution in [3.63, 3.8) is 0 Å². The molecule has 3 aromatic carbocycles. The molecular formula is C32H26N2O3S3. The number of nitrogens with one attached hydrogen (secondary N) is 1. The molecule has 2 aliphatic heterocycles. The zero-order chi connectivity index (χ0) is 27.1. The predicted molar refractivity (Wildman–Crippen MR) is 160 cm³/mol. The van der Waals surface area contributed by atoms with Crippen molar-refractivity contribution in [1.82, 2.24) is 4.98 Å². The van der Waals surface area contributed by atoms with Crippen LogP contribution < -0.4 is 9.64 Å². The van der Waals surface area contributed by atoms with E-state index in [2.05, 4.69) is 23.2 Å². The van der Waals surface area contributed by atoms with E-state index < -0.39 is 0 Å². The molecule has 3 fully saturated rings. The van der Waals surface area contributed by atoms with Gasteiger partial charge in [-0.3, -0.25) is 14.5 Å². The normalized spacial score (nSPS) is 29.8. The maximum atomic E-state index is 14.0. The summed E-state index contributed by atoms with van der Waals surface area (Å²) in [4.78, 5) is 33.9. The molecule has 0 radical (unpaired) electrons. The first-order chi connectivity index (χ1) is 19.5. The van der Waals surface area contributed by atoms with Gasteiger partial charge in [-0.2, -0.15) is 0 Å². The summed E-state index contributed by atoms with van der Waals surface area (Å²) < 4.78 is 6.98. The fourth-order valence-corrected chi connectivity index (χ4v) is 11.1. The van der Waals surface area contributed by atoms with Gasteiger partial charge in [-0.15, -0.1) is 23.1 Å². The highest BCUT2D eigenvalue weighted by atomic mass is 32.2. The smallest absolute Gasteiger partial charge is 0.238 e. The van der Waals surface area contributed by atoms with Crippen LogP contribution >= 0.6 is 35.3 Å². The second-order valence-corrected chi connectivity index (χ2v) is 14.2. The molecule has 4 aliphatic rings. The predicted octanol–water partition coefficient (Wildman–Crippen LogP) is 7.58. The van der Waals surface area contributed by atoms with Gasteiger partial charge < -0.3 is 9.72 Å². The van der Waals surface area contributed by atoms with E-state index in [4.69, 9.17) is 17.0 Å². The van der Waals surface area contributed by atoms with Gasteiger partial charge >= 0.3 is 0 Å². The molecule has 2 amide bonds. The van der Waals surface area contributed by atoms with Gasteiger partial charge in [0.25, 0.3) is 0 Å². The van der Waals surface area contributed by atoms with Crippen LogP contribution in [0, 0.1) is 40.5 Å². The van der Waals surface area contributed by atoms with Gasteiger partial charge in [0, 0.05) is 16.0 Å². The molecule has 7 atom stereocenters. The molecule has 1 aromatic heterocycles. The minimum Gasteiger partial charge on any atom is -0.457 e. The molecule has 2 bridgehead atoms. The minimum atomic E-state index is -0.264. The molecule has 4 aromatic rings. The minimum absolute atomic E-state index is 0.0238. The van der Waals surface area contributed by atoms with E-state index in [0.29, 0.717) is 5.69 Å². The Morgan fingerprint density at radius 2 is 1.62 bits per heavy atom. The van der Waals surface area contributed by atoms with Crippen LogP contribution in [0.15, 0.2) is 83.9 Å². The number of para-hydroxylation sites is 1. The van der Waals surface area contributed by atoms with Crippen LogP contribution in [-0.2, 0) is 9.59 Å². The van der Waals surface area contributed by atoms with Crippen molar-refractivity contribution in [2.45, 2.75) is 29.5 Å². The second kappa shape index (κ2) is 9.16. The third-order valence-corrected chi connectivity index (χ3v) is 12.2. The number of amides is 2. The molecule has 2 saturated carbocycles. The third kappa shape index (κ3) is 3.62. The Hall–Kier alpha value is -3.20. The number of thiazole rings is 1. The molecule has 1 saturated heterocycles. The molecule has 2 aliphatic carbocycles. The summed E-state index contributed by atoms with van der Waals surface area (Å²) in [6, 6.07) is 25.9. The molecular weight excluding hydrogens is 557 g/mol. The lowest BCUT2D eigenvalue weighted by Gasteiger charge is -2.43. The van der Waals surface area contributed by atoms with E-state index in [0.717, 1.165) is 32.5 Å². The number of aromatic amines is 1. The van der Waals surface area contributed by atoms with Crippen LogP contribution in [-0.4, -0.2) is 22.0 Å². The highest BCUT2D eigenvalue weighted by Crippen LogP contribution is 2.69. The van der Waals surface area contributed by atoms with E-state index >= 15 is 0 Å². The number of H-pyrrole nitrogens is 1. The largest absolute Gasteiger partial charge is 0.457 e. The van der Waals surface area contributed by atoms with Crippen molar-refractivity contribution < 1.29 is 14.3 Å². The van der Waals surface area contributed by atoms with Gasteiger partial charge in [-0.05, 0) is 85.3 Å². The number of rotatable bonds is 4. The monoisotopic (exact) mass is 582 g/mol. The molecule has 7 unspecified atom stereocenters. The van der Waals surface area contributed by atoms with E-state index in [1.54, 1.807) is 11.3 Å². The number of carbonyl (C=O) groups excluding carboxylic acids is 2. The number of hydrogen-bond acceptors (Lipinski definition) is 6. The first kappa shape index (κ1) is 24.6. The van der Waals surface area contributed by atoms with Gasteiger partial charge in [0.2, 0.25) is 11.8 Å². The molecule has 200 valence electrons. The maximum Gasteiger partial charge on any atom is 0.238 e. The summed E-state index contributed by atoms with van der Waals surface area (Å²) in [6.07, 6.45) is 0.920. The van der Waals surface area contributed by atoms with Crippen LogP contribution in [0.4, 0.5) is 5.69 Å². The second-order valence-electron chi connectivity index (χ2n) is 11.3. The molecule has 40 heavy (non-hydrogen) atoms. The SMILES string of the molecule is Cc1ccc(N2C(=O)C3C4CC(C3C2=O)C2C(c3cccc(Oc5ccccc5)c3)c3sc(=S)[nH]c3SC42)cc1. The topological polar surface area (TPSA) is 62.4 Å². The molecule has 8 heteroatoms. The van der Waals surface area contributed by atoms with Crippen LogP contribution in [0.25, 0.3) is 0 Å². The summed E-state index contributed by atoms with van der Waals surface area (Å²) in [7, 11) is 0. The Morgan fingerprint density at radius 3 is 2.40 bits per heavy atom. The Morgan fingerprint density at radius 1 is 0.900 bits per heavy atom. The first-order valence-corrected chi connectivity index (χ1v) is 15.8. The van der Waals surface area contributed by atoms with Crippen molar-refractivity contribution in [2.75, 3.05) is 4.90 Å². The highest BCUT2D eigenvalue weighted by molar-refractivity contribution is 8.00. The van der Waals surface area contributed by atoms with Crippen molar-refractivity contribution in [3.05, 3.63) is 98.8 Å². The summed E-state index contributed by atoms with van der Waals surface area (Å²) in [5, 5.41) is 1.37. The zero-order valence-electron chi connectivity index (χ0n) is 21.7. The molecule has 0 spiro atoms. The molecule has 8 rings (SSSR count). The van der Waals surface area contributed by atoms with Crippen molar-refractivity contribution >= 4 is 52.8 Å². The number of fused-ring (bicyclic) bond motifs is 9. The summed E-state index contributed by atoms with van der Waals surface area (Å²) in [6.45, 7) is 2.01. The van der Waals surface area contributed by atoms with Crippen molar-refractivity contribution in [1.29, 1.82) is 0 Å².